The van der Waals surface area contributed by atoms with Gasteiger partial charge in [-0.1, -0.05) is 22.8 Å². The Balaban J connectivity index is 2.14. The average Bonchev–Trinajstić information content (AvgIpc) is 2.73. The molecule has 0 fully saturated rings. The average molecular weight is 476 g/mol. The summed E-state index contributed by atoms with van der Waals surface area (Å²) in [6, 6.07) is 3.54. The van der Waals surface area contributed by atoms with Crippen molar-refractivity contribution in [1.82, 2.24) is 20.6 Å². The molecule has 1 aromatic carbocycles. The van der Waals surface area contributed by atoms with Crippen LogP contribution in [0.15, 0.2) is 23.3 Å². The third kappa shape index (κ3) is 6.20. The zero-order chi connectivity index (χ0) is 24.7. The number of anilines is 2. The smallest absolute Gasteiger partial charge is 0.280 e. The van der Waals surface area contributed by atoms with Crippen molar-refractivity contribution < 1.29 is 14.7 Å². The summed E-state index contributed by atoms with van der Waals surface area (Å²) in [6.07, 6.45) is 0. The van der Waals surface area contributed by atoms with Crippen LogP contribution < -0.4 is 27.0 Å². The van der Waals surface area contributed by atoms with Crippen molar-refractivity contribution >= 4 is 46.7 Å². The molecule has 2 amide bonds. The van der Waals surface area contributed by atoms with Crippen LogP contribution in [0.4, 0.5) is 17.3 Å². The lowest BCUT2D eigenvalue weighted by atomic mass is 10.1. The molecule has 0 atom stereocenters. The summed E-state index contributed by atoms with van der Waals surface area (Å²) in [7, 11) is 0. The number of rotatable bonds is 7. The first-order valence-electron chi connectivity index (χ1n) is 9.48. The number of azide groups is 1. The maximum atomic E-state index is 12.5. The molecule has 14 nitrogen and oxygen atoms in total. The Labute approximate surface area is 193 Å². The zero-order valence-electron chi connectivity index (χ0n) is 17.7. The highest BCUT2D eigenvalue weighted by atomic mass is 35.5. The van der Waals surface area contributed by atoms with E-state index in [1.807, 2.05) is 13.8 Å². The number of amides is 2. The van der Waals surface area contributed by atoms with Gasteiger partial charge >= 0.3 is 0 Å². The lowest BCUT2D eigenvalue weighted by Gasteiger charge is -2.28. The minimum absolute atomic E-state index is 0.0139. The molecular weight excluding hydrogens is 454 g/mol. The molecule has 174 valence electrons. The second kappa shape index (κ2) is 10.9. The van der Waals surface area contributed by atoms with Crippen LogP contribution in [0.3, 0.4) is 0 Å². The molecule has 0 aliphatic carbocycles. The third-order valence-electron chi connectivity index (χ3n) is 4.21. The number of aromatic hydroxyl groups is 1. The summed E-state index contributed by atoms with van der Waals surface area (Å²) in [6.45, 7) is 4.57. The monoisotopic (exact) mass is 475 g/mol. The fourth-order valence-corrected chi connectivity index (χ4v) is 2.96. The van der Waals surface area contributed by atoms with E-state index in [1.165, 1.54) is 12.1 Å². The lowest BCUT2D eigenvalue weighted by molar-refractivity contribution is 0.0963. The van der Waals surface area contributed by atoms with Crippen molar-refractivity contribution in [3.63, 3.8) is 0 Å². The van der Waals surface area contributed by atoms with Gasteiger partial charge in [-0.05, 0) is 31.5 Å². The number of hydrogen-bond donors (Lipinski definition) is 6. The predicted octanol–water partition coefficient (Wildman–Crippen LogP) is 1.63. The number of nitrogens with one attached hydrogen (secondary N) is 3. The number of halogens is 1. The van der Waals surface area contributed by atoms with E-state index in [1.54, 1.807) is 4.90 Å². The van der Waals surface area contributed by atoms with Crippen molar-refractivity contribution in [2.75, 3.05) is 23.7 Å². The van der Waals surface area contributed by atoms with Gasteiger partial charge in [0.05, 0.1) is 5.56 Å². The molecule has 1 aromatic heterocycles. The highest BCUT2D eigenvalue weighted by Gasteiger charge is 2.23. The van der Waals surface area contributed by atoms with E-state index in [4.69, 9.17) is 34.0 Å². The van der Waals surface area contributed by atoms with E-state index in [0.29, 0.717) is 13.1 Å². The summed E-state index contributed by atoms with van der Waals surface area (Å²) in [5.74, 6) is -3.00. The summed E-state index contributed by atoms with van der Waals surface area (Å²) in [4.78, 5) is 37.2. The van der Waals surface area contributed by atoms with Gasteiger partial charge in [-0.3, -0.25) is 25.6 Å². The molecule has 33 heavy (non-hydrogen) atoms. The van der Waals surface area contributed by atoms with Crippen LogP contribution in [-0.2, 0) is 0 Å². The first-order chi connectivity index (χ1) is 15.6. The SMILES string of the molecule is CC(C)N(CCN)c1nc(N)c(C(=O)NC(=N)NC(=O)c2ccc(N=[N+]=[N-])cc2O)nc1Cl. The summed E-state index contributed by atoms with van der Waals surface area (Å²) >= 11 is 6.20. The molecule has 0 saturated heterocycles. The minimum Gasteiger partial charge on any atom is -0.507 e. The molecule has 1 heterocycles. The van der Waals surface area contributed by atoms with Gasteiger partial charge in [-0.2, -0.15) is 0 Å². The highest BCUT2D eigenvalue weighted by molar-refractivity contribution is 6.32. The van der Waals surface area contributed by atoms with Gasteiger partial charge in [0.2, 0.25) is 5.96 Å². The Morgan fingerprint density at radius 3 is 2.58 bits per heavy atom. The quantitative estimate of drug-likeness (QED) is 0.113. The number of nitrogens with two attached hydrogens (primary N) is 2. The van der Waals surface area contributed by atoms with Gasteiger partial charge in [0.25, 0.3) is 11.8 Å². The number of hydrogen-bond acceptors (Lipinski definition) is 10. The second-order valence-electron chi connectivity index (χ2n) is 6.82. The highest BCUT2D eigenvalue weighted by Crippen LogP contribution is 2.26. The standard InChI is InChI=1S/C18H22ClN11O3/c1-8(2)30(6-5-20)15-13(19)24-12(14(21)25-15)17(33)27-18(22)26-16(32)10-4-3-9(28-29-23)7-11(10)31/h3-4,7-8,31H,5-6,20H2,1-2H3,(H2,21,25)(H3,22,26,27,32,33). The van der Waals surface area contributed by atoms with Gasteiger partial charge in [0.15, 0.2) is 22.5 Å². The van der Waals surface area contributed by atoms with E-state index in [-0.39, 0.29) is 39.8 Å². The number of aromatic nitrogens is 2. The van der Waals surface area contributed by atoms with E-state index < -0.39 is 23.5 Å². The largest absolute Gasteiger partial charge is 0.507 e. The number of guanidine groups is 1. The molecule has 2 rings (SSSR count). The zero-order valence-corrected chi connectivity index (χ0v) is 18.5. The number of phenolic OH excluding ortho intramolecular Hbond substituents is 1. The molecular formula is C18H22ClN11O3. The van der Waals surface area contributed by atoms with Crippen LogP contribution in [0.5, 0.6) is 5.75 Å². The van der Waals surface area contributed by atoms with Gasteiger partial charge in [-0.25, -0.2) is 9.97 Å². The van der Waals surface area contributed by atoms with Crippen molar-refractivity contribution in [3.05, 3.63) is 45.1 Å². The molecule has 15 heteroatoms. The van der Waals surface area contributed by atoms with Crippen LogP contribution in [0.1, 0.15) is 34.7 Å². The maximum absolute atomic E-state index is 12.5. The van der Waals surface area contributed by atoms with Crippen molar-refractivity contribution in [1.29, 1.82) is 5.41 Å². The Morgan fingerprint density at radius 1 is 1.33 bits per heavy atom. The summed E-state index contributed by atoms with van der Waals surface area (Å²) in [5.41, 5.74) is 19.4. The molecule has 0 saturated carbocycles. The summed E-state index contributed by atoms with van der Waals surface area (Å²) in [5, 5.41) is 25.1. The van der Waals surface area contributed by atoms with Crippen molar-refractivity contribution in [2.24, 2.45) is 10.8 Å². The van der Waals surface area contributed by atoms with E-state index in [2.05, 4.69) is 30.6 Å². The lowest BCUT2D eigenvalue weighted by Crippen LogP contribution is -2.43. The van der Waals surface area contributed by atoms with Crippen molar-refractivity contribution in [3.8, 4) is 5.75 Å². The van der Waals surface area contributed by atoms with Crippen molar-refractivity contribution in [2.45, 2.75) is 19.9 Å². The first-order valence-corrected chi connectivity index (χ1v) is 9.85. The van der Waals surface area contributed by atoms with Gasteiger partial charge in [-0.15, -0.1) is 0 Å². The predicted molar refractivity (Wildman–Crippen MR) is 123 cm³/mol. The fraction of sp³-hybridized carbons (Fsp3) is 0.278. The van der Waals surface area contributed by atoms with Gasteiger partial charge in [0.1, 0.15) is 5.75 Å². The Morgan fingerprint density at radius 2 is 2.00 bits per heavy atom. The van der Waals surface area contributed by atoms with Crippen LogP contribution in [0.25, 0.3) is 10.4 Å². The Kier molecular flexibility index (Phi) is 8.34. The molecule has 0 radical (unpaired) electrons. The number of phenols is 1. The third-order valence-corrected chi connectivity index (χ3v) is 4.46. The number of carbonyl (C=O) groups excluding carboxylic acids is 2. The minimum atomic E-state index is -0.934. The van der Waals surface area contributed by atoms with Crippen LogP contribution in [0, 0.1) is 5.41 Å². The molecule has 0 bridgehead atoms. The number of carbonyl (C=O) groups is 2. The van der Waals surface area contributed by atoms with Crippen LogP contribution >= 0.6 is 11.6 Å². The molecule has 0 unspecified atom stereocenters. The topological polar surface area (TPSA) is 232 Å². The molecule has 8 N–H and O–H groups in total. The number of nitrogen functional groups attached to an aromatic ring is 1. The molecule has 0 spiro atoms. The number of benzene rings is 1. The fourth-order valence-electron chi connectivity index (χ4n) is 2.73. The number of nitrogens with zero attached hydrogens (tertiary/aromatic N) is 6. The van der Waals surface area contributed by atoms with E-state index in [9.17, 15) is 14.7 Å². The molecule has 0 aliphatic heterocycles. The second-order valence-corrected chi connectivity index (χ2v) is 7.18. The Hall–Kier alpha value is -4.13. The normalized spacial score (nSPS) is 10.3. The first kappa shape index (κ1) is 25.1. The van der Waals surface area contributed by atoms with E-state index >= 15 is 0 Å². The molecule has 2 aromatic rings. The van der Waals surface area contributed by atoms with Crippen LogP contribution in [-0.4, -0.2) is 52.0 Å². The molecule has 0 aliphatic rings. The van der Waals surface area contributed by atoms with Crippen LogP contribution in [0.2, 0.25) is 5.15 Å². The van der Waals surface area contributed by atoms with E-state index in [0.717, 1.165) is 6.07 Å². The summed E-state index contributed by atoms with van der Waals surface area (Å²) < 4.78 is 0. The Bertz CT molecular complexity index is 1130. The maximum Gasteiger partial charge on any atom is 0.280 e. The van der Waals surface area contributed by atoms with Gasteiger partial charge < -0.3 is 21.5 Å². The van der Waals surface area contributed by atoms with Gasteiger partial charge in [0, 0.05) is 29.7 Å².